The molecule has 1 aromatic carbocycles. The van der Waals surface area contributed by atoms with Crippen LogP contribution in [0.4, 0.5) is 5.69 Å². The number of anilines is 1. The summed E-state index contributed by atoms with van der Waals surface area (Å²) in [4.78, 5) is 27.0. The molecule has 0 unspecified atom stereocenters. The van der Waals surface area contributed by atoms with Crippen LogP contribution in [0.25, 0.3) is 0 Å². The summed E-state index contributed by atoms with van der Waals surface area (Å²) in [5.41, 5.74) is 0.615. The third-order valence-corrected chi connectivity index (χ3v) is 6.25. The third kappa shape index (κ3) is 6.24. The van der Waals surface area contributed by atoms with Gasteiger partial charge in [-0.1, -0.05) is 30.6 Å². The zero-order chi connectivity index (χ0) is 21.3. The van der Waals surface area contributed by atoms with Crippen molar-refractivity contribution in [3.63, 3.8) is 0 Å². The molecule has 1 fully saturated rings. The molecule has 2 aromatic rings. The number of amides is 2. The van der Waals surface area contributed by atoms with Gasteiger partial charge in [-0.15, -0.1) is 10.2 Å². The van der Waals surface area contributed by atoms with Crippen LogP contribution in [0.5, 0.6) is 5.75 Å². The normalized spacial score (nSPS) is 14.5. The number of benzene rings is 1. The second-order valence-corrected chi connectivity index (χ2v) is 8.45. The first-order valence-corrected chi connectivity index (χ1v) is 11.2. The number of nitrogens with zero attached hydrogens (tertiary/aromatic N) is 3. The maximum atomic E-state index is 12.3. The van der Waals surface area contributed by atoms with Crippen LogP contribution in [0.3, 0.4) is 0 Å². The van der Waals surface area contributed by atoms with Gasteiger partial charge in [0.05, 0.1) is 7.11 Å². The summed E-state index contributed by atoms with van der Waals surface area (Å²) in [7, 11) is 3.74. The largest absolute Gasteiger partial charge is 0.497 e. The quantitative estimate of drug-likeness (QED) is 0.592. The van der Waals surface area contributed by atoms with E-state index in [1.54, 1.807) is 31.4 Å². The van der Waals surface area contributed by atoms with Gasteiger partial charge in [-0.2, -0.15) is 0 Å². The number of ether oxygens (including phenoxy) is 1. The highest BCUT2D eigenvalue weighted by molar-refractivity contribution is 7.15. The average Bonchev–Trinajstić information content (AvgIpc) is 3.28. The van der Waals surface area contributed by atoms with E-state index >= 15 is 0 Å². The Bertz CT molecular complexity index is 833. The van der Waals surface area contributed by atoms with Gasteiger partial charge < -0.3 is 20.3 Å². The van der Waals surface area contributed by atoms with Crippen molar-refractivity contribution in [2.45, 2.75) is 44.6 Å². The highest BCUT2D eigenvalue weighted by Crippen LogP contribution is 2.21. The lowest BCUT2D eigenvalue weighted by molar-refractivity contribution is 0.0948. The van der Waals surface area contributed by atoms with Gasteiger partial charge in [0, 0.05) is 18.3 Å². The molecular weight excluding hydrogens is 402 g/mol. The van der Waals surface area contributed by atoms with Gasteiger partial charge in [-0.3, -0.25) is 9.59 Å². The van der Waals surface area contributed by atoms with Crippen LogP contribution in [0, 0.1) is 0 Å². The number of carbonyl (C=O) groups is 2. The first-order valence-electron chi connectivity index (χ1n) is 10.3. The lowest BCUT2D eigenvalue weighted by atomic mass is 9.94. The Balaban J connectivity index is 1.41. The summed E-state index contributed by atoms with van der Waals surface area (Å²) in [6.45, 7) is 1.53. The maximum absolute atomic E-state index is 12.3. The van der Waals surface area contributed by atoms with Crippen molar-refractivity contribution >= 4 is 28.8 Å². The standard InChI is InChI=1S/C21H29N5O3S/c1-26(16-7-4-3-5-8-16)14-6-13-22-18(27)20-24-25-21(30-20)19(28)23-15-9-11-17(29-2)12-10-15/h9-12,16H,3-8,13-14H2,1-2H3,(H,22,27)(H,23,28). The number of hydrogen-bond donors (Lipinski definition) is 2. The summed E-state index contributed by atoms with van der Waals surface area (Å²) < 4.78 is 5.09. The molecule has 0 saturated heterocycles. The predicted octanol–water partition coefficient (Wildman–Crippen LogP) is 3.18. The lowest BCUT2D eigenvalue weighted by Crippen LogP contribution is -2.35. The van der Waals surface area contributed by atoms with Crippen molar-refractivity contribution in [1.29, 1.82) is 0 Å². The average molecular weight is 432 g/mol. The molecule has 3 rings (SSSR count). The van der Waals surface area contributed by atoms with Crippen molar-refractivity contribution < 1.29 is 14.3 Å². The molecule has 2 amide bonds. The molecule has 2 N–H and O–H groups in total. The highest BCUT2D eigenvalue weighted by atomic mass is 32.1. The van der Waals surface area contributed by atoms with E-state index in [4.69, 9.17) is 4.74 Å². The Hall–Kier alpha value is -2.52. The Labute approximate surface area is 181 Å². The molecule has 30 heavy (non-hydrogen) atoms. The van der Waals surface area contributed by atoms with Crippen molar-refractivity contribution in [2.75, 3.05) is 32.6 Å². The lowest BCUT2D eigenvalue weighted by Gasteiger charge is -2.31. The number of nitrogens with one attached hydrogen (secondary N) is 2. The maximum Gasteiger partial charge on any atom is 0.286 e. The second kappa shape index (κ2) is 11.0. The fourth-order valence-electron chi connectivity index (χ4n) is 3.58. The van der Waals surface area contributed by atoms with E-state index in [0.717, 1.165) is 24.3 Å². The Morgan fingerprint density at radius 2 is 1.77 bits per heavy atom. The molecule has 0 atom stereocenters. The van der Waals surface area contributed by atoms with Crippen LogP contribution in [-0.2, 0) is 0 Å². The Kier molecular flexibility index (Phi) is 8.15. The molecular formula is C21H29N5O3S. The van der Waals surface area contributed by atoms with Gasteiger partial charge in [0.1, 0.15) is 5.75 Å². The molecule has 0 bridgehead atoms. The molecule has 8 nitrogen and oxygen atoms in total. The van der Waals surface area contributed by atoms with Crippen LogP contribution in [0.1, 0.15) is 58.1 Å². The monoisotopic (exact) mass is 431 g/mol. The van der Waals surface area contributed by atoms with E-state index < -0.39 is 5.91 Å². The van der Waals surface area contributed by atoms with E-state index in [1.165, 1.54) is 32.1 Å². The predicted molar refractivity (Wildman–Crippen MR) is 117 cm³/mol. The minimum absolute atomic E-state index is 0.146. The summed E-state index contributed by atoms with van der Waals surface area (Å²) in [5.74, 6) is 0.00921. The van der Waals surface area contributed by atoms with E-state index in [9.17, 15) is 9.59 Å². The molecule has 1 aliphatic rings. The minimum Gasteiger partial charge on any atom is -0.497 e. The molecule has 1 heterocycles. The van der Waals surface area contributed by atoms with E-state index in [-0.39, 0.29) is 15.9 Å². The zero-order valence-corrected chi connectivity index (χ0v) is 18.3. The van der Waals surface area contributed by atoms with Crippen LogP contribution in [-0.4, -0.2) is 60.2 Å². The number of rotatable bonds is 9. The van der Waals surface area contributed by atoms with Crippen LogP contribution in [0.2, 0.25) is 0 Å². The first kappa shape index (κ1) is 22.2. The number of hydrogen-bond acceptors (Lipinski definition) is 7. The molecule has 0 radical (unpaired) electrons. The number of carbonyl (C=O) groups excluding carboxylic acids is 2. The van der Waals surface area contributed by atoms with Gasteiger partial charge in [0.25, 0.3) is 11.8 Å². The minimum atomic E-state index is -0.397. The summed E-state index contributed by atoms with van der Waals surface area (Å²) in [6, 6.07) is 7.64. The van der Waals surface area contributed by atoms with Crippen molar-refractivity contribution in [2.24, 2.45) is 0 Å². The molecule has 1 aromatic heterocycles. The van der Waals surface area contributed by atoms with E-state index in [0.29, 0.717) is 24.0 Å². The van der Waals surface area contributed by atoms with Crippen molar-refractivity contribution in [3.05, 3.63) is 34.3 Å². The highest BCUT2D eigenvalue weighted by Gasteiger charge is 2.19. The van der Waals surface area contributed by atoms with Crippen LogP contribution < -0.4 is 15.4 Å². The fraction of sp³-hybridized carbons (Fsp3) is 0.524. The first-order chi connectivity index (χ1) is 14.6. The van der Waals surface area contributed by atoms with E-state index in [1.807, 2.05) is 0 Å². The summed E-state index contributed by atoms with van der Waals surface area (Å²) >= 11 is 0.982. The zero-order valence-electron chi connectivity index (χ0n) is 17.5. The molecule has 0 aliphatic heterocycles. The fourth-order valence-corrected chi connectivity index (χ4v) is 4.23. The number of methoxy groups -OCH3 is 1. The molecule has 9 heteroatoms. The van der Waals surface area contributed by atoms with Gasteiger partial charge in [0.15, 0.2) is 0 Å². The van der Waals surface area contributed by atoms with Crippen LogP contribution >= 0.6 is 11.3 Å². The second-order valence-electron chi connectivity index (χ2n) is 7.48. The SMILES string of the molecule is COc1ccc(NC(=O)c2nnc(C(=O)NCCCN(C)C3CCCCC3)s2)cc1. The third-order valence-electron chi connectivity index (χ3n) is 5.33. The van der Waals surface area contributed by atoms with Gasteiger partial charge in [-0.25, -0.2) is 0 Å². The Morgan fingerprint density at radius 1 is 1.10 bits per heavy atom. The van der Waals surface area contributed by atoms with E-state index in [2.05, 4.69) is 32.8 Å². The van der Waals surface area contributed by atoms with Gasteiger partial charge in [0.2, 0.25) is 10.0 Å². The van der Waals surface area contributed by atoms with Crippen molar-refractivity contribution in [1.82, 2.24) is 20.4 Å². The Morgan fingerprint density at radius 3 is 2.43 bits per heavy atom. The molecule has 1 aliphatic carbocycles. The topological polar surface area (TPSA) is 96.5 Å². The summed E-state index contributed by atoms with van der Waals surface area (Å²) in [6.07, 6.45) is 7.41. The van der Waals surface area contributed by atoms with Gasteiger partial charge in [-0.05, 0) is 57.1 Å². The smallest absolute Gasteiger partial charge is 0.286 e. The summed E-state index contributed by atoms with van der Waals surface area (Å²) in [5, 5.41) is 13.6. The van der Waals surface area contributed by atoms with Crippen molar-refractivity contribution in [3.8, 4) is 5.75 Å². The van der Waals surface area contributed by atoms with Crippen LogP contribution in [0.15, 0.2) is 24.3 Å². The van der Waals surface area contributed by atoms with Gasteiger partial charge >= 0.3 is 0 Å². The molecule has 0 spiro atoms. The molecule has 162 valence electrons. The number of aromatic nitrogens is 2. The molecule has 1 saturated carbocycles.